The number of Topliss-reactive ketones (excluding diaryl/α,β-unsaturated/α-hetero) is 1. The predicted molar refractivity (Wildman–Crippen MR) is 76.1 cm³/mol. The number of carbonyl (C=O) groups excluding carboxylic acids is 2. The summed E-state index contributed by atoms with van der Waals surface area (Å²) in [5.41, 5.74) is 1.28. The van der Waals surface area contributed by atoms with Gasteiger partial charge in [0.25, 0.3) is 6.29 Å². The molecule has 3 rings (SSSR count). The zero-order valence-electron chi connectivity index (χ0n) is 11.5. The average Bonchev–Trinajstić information content (AvgIpc) is 2.48. The van der Waals surface area contributed by atoms with Crippen molar-refractivity contribution in [1.29, 1.82) is 0 Å². The Labute approximate surface area is 122 Å². The topological polar surface area (TPSA) is 52.6 Å². The fraction of sp³-hybridized carbons (Fsp3) is 0.176. The molecule has 106 valence electrons. The molecule has 0 N–H and O–H groups in total. The first kappa shape index (κ1) is 13.4. The van der Waals surface area contributed by atoms with Crippen LogP contribution in [0.2, 0.25) is 0 Å². The van der Waals surface area contributed by atoms with Crippen molar-refractivity contribution in [3.8, 4) is 5.75 Å². The summed E-state index contributed by atoms with van der Waals surface area (Å²) in [6, 6.07) is 16.2. The Morgan fingerprint density at radius 1 is 1.05 bits per heavy atom. The molecule has 0 aliphatic carbocycles. The second-order valence-corrected chi connectivity index (χ2v) is 4.84. The Kier molecular flexibility index (Phi) is 3.44. The lowest BCUT2D eigenvalue weighted by Gasteiger charge is -2.31. The number of fused-ring (bicyclic) bond motifs is 1. The molecule has 21 heavy (non-hydrogen) atoms. The molecule has 0 fully saturated rings. The van der Waals surface area contributed by atoms with E-state index in [1.54, 1.807) is 24.3 Å². The summed E-state index contributed by atoms with van der Waals surface area (Å²) in [5.74, 6) is -0.784. The van der Waals surface area contributed by atoms with Gasteiger partial charge in [-0.05, 0) is 17.7 Å². The molecule has 1 aliphatic heterocycles. The van der Waals surface area contributed by atoms with Crippen molar-refractivity contribution in [2.24, 2.45) is 0 Å². The second kappa shape index (κ2) is 5.40. The number of rotatable bonds is 2. The van der Waals surface area contributed by atoms with E-state index in [0.717, 1.165) is 5.56 Å². The third-order valence-corrected chi connectivity index (χ3v) is 3.39. The lowest BCUT2D eigenvalue weighted by atomic mass is 9.87. The Morgan fingerprint density at radius 2 is 1.71 bits per heavy atom. The van der Waals surface area contributed by atoms with Gasteiger partial charge in [0.15, 0.2) is 5.78 Å². The van der Waals surface area contributed by atoms with Crippen LogP contribution in [-0.4, -0.2) is 18.0 Å². The quantitative estimate of drug-likeness (QED) is 0.795. The molecule has 2 aromatic carbocycles. The molecular weight excluding hydrogens is 268 g/mol. The predicted octanol–water partition coefficient (Wildman–Crippen LogP) is 2.93. The molecule has 2 unspecified atom stereocenters. The highest BCUT2D eigenvalue weighted by atomic mass is 16.7. The minimum absolute atomic E-state index is 0.102. The summed E-state index contributed by atoms with van der Waals surface area (Å²) >= 11 is 0. The fourth-order valence-corrected chi connectivity index (χ4v) is 2.48. The van der Waals surface area contributed by atoms with Gasteiger partial charge in [-0.15, -0.1) is 0 Å². The molecule has 2 aromatic rings. The van der Waals surface area contributed by atoms with Crippen LogP contribution in [0.3, 0.4) is 0 Å². The molecule has 4 heteroatoms. The lowest BCUT2D eigenvalue weighted by molar-refractivity contribution is -0.163. The summed E-state index contributed by atoms with van der Waals surface area (Å²) in [7, 11) is 0. The van der Waals surface area contributed by atoms with Gasteiger partial charge in [0.05, 0.1) is 5.56 Å². The van der Waals surface area contributed by atoms with Crippen LogP contribution in [0.15, 0.2) is 54.6 Å². The molecule has 0 aromatic heterocycles. The molecule has 0 radical (unpaired) electrons. The first-order valence-corrected chi connectivity index (χ1v) is 6.69. The van der Waals surface area contributed by atoms with Crippen molar-refractivity contribution in [2.45, 2.75) is 19.1 Å². The van der Waals surface area contributed by atoms with E-state index in [1.165, 1.54) is 6.92 Å². The molecule has 1 aliphatic rings. The van der Waals surface area contributed by atoms with Crippen LogP contribution in [0.25, 0.3) is 0 Å². The number of hydrogen-bond acceptors (Lipinski definition) is 4. The van der Waals surface area contributed by atoms with E-state index in [-0.39, 0.29) is 5.78 Å². The maximum atomic E-state index is 12.7. The smallest absolute Gasteiger partial charge is 0.305 e. The van der Waals surface area contributed by atoms with Crippen molar-refractivity contribution in [3.05, 3.63) is 65.7 Å². The van der Waals surface area contributed by atoms with Crippen LogP contribution < -0.4 is 4.74 Å². The third kappa shape index (κ3) is 2.52. The van der Waals surface area contributed by atoms with Gasteiger partial charge >= 0.3 is 5.97 Å². The highest BCUT2D eigenvalue weighted by molar-refractivity contribution is 6.04. The van der Waals surface area contributed by atoms with E-state index in [1.807, 2.05) is 30.3 Å². The minimum Gasteiger partial charge on any atom is -0.453 e. The van der Waals surface area contributed by atoms with Gasteiger partial charge in [-0.1, -0.05) is 42.5 Å². The highest BCUT2D eigenvalue weighted by Crippen LogP contribution is 2.36. The third-order valence-electron chi connectivity index (χ3n) is 3.39. The zero-order valence-corrected chi connectivity index (χ0v) is 11.5. The molecule has 2 atom stereocenters. The summed E-state index contributed by atoms with van der Waals surface area (Å²) in [4.78, 5) is 24.0. The first-order chi connectivity index (χ1) is 10.2. The van der Waals surface area contributed by atoms with Crippen LogP contribution in [0, 0.1) is 0 Å². The SMILES string of the molecule is CC(=O)OC1Oc2ccccc2C(=O)C1c1ccccc1. The lowest BCUT2D eigenvalue weighted by Crippen LogP contribution is -2.39. The summed E-state index contributed by atoms with van der Waals surface area (Å²) in [5, 5.41) is 0. The Morgan fingerprint density at radius 3 is 2.43 bits per heavy atom. The van der Waals surface area contributed by atoms with Crippen LogP contribution >= 0.6 is 0 Å². The van der Waals surface area contributed by atoms with Gasteiger partial charge in [-0.2, -0.15) is 0 Å². The van der Waals surface area contributed by atoms with Gasteiger partial charge in [0.2, 0.25) is 0 Å². The standard InChI is InChI=1S/C17H14O4/c1-11(18)20-17-15(12-7-3-2-4-8-12)16(19)13-9-5-6-10-14(13)21-17/h2-10,15,17H,1H3. The van der Waals surface area contributed by atoms with Crippen LogP contribution in [0.4, 0.5) is 0 Å². The van der Waals surface area contributed by atoms with Crippen LogP contribution in [-0.2, 0) is 9.53 Å². The number of ether oxygens (including phenoxy) is 2. The number of hydrogen-bond donors (Lipinski definition) is 0. The first-order valence-electron chi connectivity index (χ1n) is 6.69. The van der Waals surface area contributed by atoms with Crippen molar-refractivity contribution in [3.63, 3.8) is 0 Å². The second-order valence-electron chi connectivity index (χ2n) is 4.84. The monoisotopic (exact) mass is 282 g/mol. The molecule has 4 nitrogen and oxygen atoms in total. The van der Waals surface area contributed by atoms with E-state index in [4.69, 9.17) is 9.47 Å². The van der Waals surface area contributed by atoms with E-state index in [0.29, 0.717) is 11.3 Å². The van der Waals surface area contributed by atoms with Crippen LogP contribution in [0.1, 0.15) is 28.8 Å². The highest BCUT2D eigenvalue weighted by Gasteiger charge is 2.40. The van der Waals surface area contributed by atoms with E-state index >= 15 is 0 Å². The number of carbonyl (C=O) groups is 2. The van der Waals surface area contributed by atoms with Crippen LogP contribution in [0.5, 0.6) is 5.75 Å². The van der Waals surface area contributed by atoms with Gasteiger partial charge in [-0.3, -0.25) is 9.59 Å². The Bertz CT molecular complexity index is 678. The van der Waals surface area contributed by atoms with Gasteiger partial charge in [0.1, 0.15) is 11.7 Å². The zero-order chi connectivity index (χ0) is 14.8. The largest absolute Gasteiger partial charge is 0.453 e. The normalized spacial score (nSPS) is 20.3. The molecule has 0 amide bonds. The molecule has 0 saturated heterocycles. The van der Waals surface area contributed by atoms with Crippen molar-refractivity contribution in [2.75, 3.05) is 0 Å². The summed E-state index contributed by atoms with van der Waals surface area (Å²) in [6.45, 7) is 1.30. The van der Waals surface area contributed by atoms with Gasteiger partial charge in [-0.25, -0.2) is 0 Å². The average molecular weight is 282 g/mol. The van der Waals surface area contributed by atoms with Crippen molar-refractivity contribution < 1.29 is 19.1 Å². The minimum atomic E-state index is -0.938. The molecule has 0 saturated carbocycles. The number of esters is 1. The maximum Gasteiger partial charge on any atom is 0.305 e. The number of benzene rings is 2. The van der Waals surface area contributed by atoms with Crippen molar-refractivity contribution >= 4 is 11.8 Å². The van der Waals surface area contributed by atoms with Gasteiger partial charge in [0, 0.05) is 6.92 Å². The number of ketones is 1. The molecular formula is C17H14O4. The molecule has 1 heterocycles. The molecule has 0 spiro atoms. The van der Waals surface area contributed by atoms with E-state index < -0.39 is 18.2 Å². The maximum absolute atomic E-state index is 12.7. The Hall–Kier alpha value is -2.62. The Balaban J connectivity index is 2.06. The fourth-order valence-electron chi connectivity index (χ4n) is 2.48. The van der Waals surface area contributed by atoms with E-state index in [9.17, 15) is 9.59 Å². The summed E-state index contributed by atoms with van der Waals surface area (Å²) in [6.07, 6.45) is -0.938. The van der Waals surface area contributed by atoms with E-state index in [2.05, 4.69) is 0 Å². The van der Waals surface area contributed by atoms with Gasteiger partial charge < -0.3 is 9.47 Å². The molecule has 0 bridgehead atoms. The van der Waals surface area contributed by atoms with Crippen molar-refractivity contribution in [1.82, 2.24) is 0 Å². The summed E-state index contributed by atoms with van der Waals surface area (Å²) < 4.78 is 10.9. The number of para-hydroxylation sites is 1.